The van der Waals surface area contributed by atoms with Crippen molar-refractivity contribution in [2.75, 3.05) is 26.2 Å². The van der Waals surface area contributed by atoms with Crippen LogP contribution < -0.4 is 10.1 Å². The second-order valence-corrected chi connectivity index (χ2v) is 7.79. The molecule has 0 bridgehead atoms. The van der Waals surface area contributed by atoms with Gasteiger partial charge in [0.05, 0.1) is 17.8 Å². The zero-order valence-electron chi connectivity index (χ0n) is 17.3. The van der Waals surface area contributed by atoms with Gasteiger partial charge in [-0.25, -0.2) is 4.99 Å². The number of hydrogen-bond donors (Lipinski definition) is 1. The fraction of sp³-hybridized carbons (Fsp3) is 0.524. The van der Waals surface area contributed by atoms with Crippen molar-refractivity contribution in [2.45, 2.75) is 32.8 Å². The van der Waals surface area contributed by atoms with Gasteiger partial charge in [0.25, 0.3) is 0 Å². The van der Waals surface area contributed by atoms with Gasteiger partial charge in [-0.1, -0.05) is 23.7 Å². The molecule has 0 radical (unpaired) electrons. The molecule has 2 unspecified atom stereocenters. The molecule has 2 aromatic rings. The normalized spacial score (nSPS) is 17.7. The summed E-state index contributed by atoms with van der Waals surface area (Å²) >= 11 is 6.18. The summed E-state index contributed by atoms with van der Waals surface area (Å²) in [6, 6.07) is 7.55. The molecule has 2 heterocycles. The third-order valence-electron chi connectivity index (χ3n) is 4.87. The zero-order chi connectivity index (χ0) is 19.9. The number of benzene rings is 1. The summed E-state index contributed by atoms with van der Waals surface area (Å²) in [4.78, 5) is 7.17. The highest BCUT2D eigenvalue weighted by Gasteiger charge is 2.25. The Morgan fingerprint density at radius 1 is 1.41 bits per heavy atom. The first-order chi connectivity index (χ1) is 13.5. The lowest BCUT2D eigenvalue weighted by molar-refractivity contribution is 0.230. The second-order valence-electron chi connectivity index (χ2n) is 7.38. The quantitative estimate of drug-likeness (QED) is 0.334. The van der Waals surface area contributed by atoms with Crippen LogP contribution in [0.1, 0.15) is 25.8 Å². The topological polar surface area (TPSA) is 54.7 Å². The Hall–Kier alpha value is -1.48. The van der Waals surface area contributed by atoms with Gasteiger partial charge < -0.3 is 15.0 Å². The zero-order valence-corrected chi connectivity index (χ0v) is 20.4. The van der Waals surface area contributed by atoms with Crippen molar-refractivity contribution < 1.29 is 4.74 Å². The number of guanidine groups is 1. The Balaban J connectivity index is 0.00000300. The number of nitrogens with one attached hydrogen (secondary N) is 1. The molecule has 1 saturated heterocycles. The molecule has 0 amide bonds. The maximum absolute atomic E-state index is 6.18. The molecule has 8 heteroatoms. The maximum Gasteiger partial charge on any atom is 0.194 e. The molecule has 160 valence electrons. The number of hydrogen-bond acceptors (Lipinski definition) is 3. The Morgan fingerprint density at radius 2 is 2.21 bits per heavy atom. The number of halogens is 2. The molecule has 0 spiro atoms. The van der Waals surface area contributed by atoms with Crippen molar-refractivity contribution in [3.63, 3.8) is 0 Å². The van der Waals surface area contributed by atoms with Crippen LogP contribution in [-0.2, 0) is 13.5 Å². The molecule has 0 saturated carbocycles. The number of rotatable bonds is 7. The van der Waals surface area contributed by atoms with Gasteiger partial charge in [0, 0.05) is 32.9 Å². The minimum absolute atomic E-state index is 0. The third-order valence-corrected chi connectivity index (χ3v) is 5.18. The number of nitrogens with zero attached hydrogens (tertiary/aromatic N) is 4. The van der Waals surface area contributed by atoms with Crippen LogP contribution in [0.25, 0.3) is 0 Å². The molecule has 3 rings (SSSR count). The summed E-state index contributed by atoms with van der Waals surface area (Å²) in [6.07, 6.45) is 6.26. The van der Waals surface area contributed by atoms with Crippen LogP contribution in [0.5, 0.6) is 5.75 Å². The van der Waals surface area contributed by atoms with E-state index in [4.69, 9.17) is 21.3 Å². The molecule has 1 aliphatic rings. The summed E-state index contributed by atoms with van der Waals surface area (Å²) in [7, 11) is 1.96. The fourth-order valence-corrected chi connectivity index (χ4v) is 3.72. The molecule has 0 aliphatic carbocycles. The third kappa shape index (κ3) is 7.06. The summed E-state index contributed by atoms with van der Waals surface area (Å²) in [5.41, 5.74) is 1.30. The first-order valence-corrected chi connectivity index (χ1v) is 10.3. The van der Waals surface area contributed by atoms with E-state index in [9.17, 15) is 0 Å². The molecule has 1 aromatic carbocycles. The van der Waals surface area contributed by atoms with E-state index in [0.29, 0.717) is 23.2 Å². The van der Waals surface area contributed by atoms with E-state index in [1.165, 1.54) is 12.0 Å². The summed E-state index contributed by atoms with van der Waals surface area (Å²) in [5.74, 6) is 2.30. The van der Waals surface area contributed by atoms with Gasteiger partial charge >= 0.3 is 0 Å². The molecule has 2 atom stereocenters. The van der Waals surface area contributed by atoms with Crippen LogP contribution in [0.3, 0.4) is 0 Å². The standard InChI is InChI=1S/C21H30ClN5O.HI/c1-4-23-21(24-12-16(2)28-20-8-6-5-7-19(20)22)27-10-9-17(15-27)11-18-13-25-26(3)14-18;/h5-8,13-14,16-17H,4,9-12,15H2,1-3H3,(H,23,24);1H. The van der Waals surface area contributed by atoms with E-state index in [1.807, 2.05) is 49.1 Å². The van der Waals surface area contributed by atoms with E-state index >= 15 is 0 Å². The van der Waals surface area contributed by atoms with Crippen LogP contribution in [0.4, 0.5) is 0 Å². The first kappa shape index (κ1) is 23.8. The fourth-order valence-electron chi connectivity index (χ4n) is 3.54. The molecule has 1 fully saturated rings. The molecule has 29 heavy (non-hydrogen) atoms. The molecule has 1 N–H and O–H groups in total. The average Bonchev–Trinajstić information content (AvgIpc) is 3.30. The van der Waals surface area contributed by atoms with Gasteiger partial charge in [-0.3, -0.25) is 4.68 Å². The van der Waals surface area contributed by atoms with Crippen molar-refractivity contribution in [1.29, 1.82) is 0 Å². The number of para-hydroxylation sites is 1. The van der Waals surface area contributed by atoms with Crippen molar-refractivity contribution in [1.82, 2.24) is 20.0 Å². The Kier molecular flexibility index (Phi) is 9.55. The van der Waals surface area contributed by atoms with Crippen molar-refractivity contribution in [3.05, 3.63) is 47.2 Å². The van der Waals surface area contributed by atoms with E-state index in [-0.39, 0.29) is 30.1 Å². The number of likely N-dealkylation sites (tertiary alicyclic amines) is 1. The number of aliphatic imine (C=N–C) groups is 1. The van der Waals surface area contributed by atoms with E-state index in [0.717, 1.165) is 32.0 Å². The molecule has 1 aliphatic heterocycles. The molecular weight excluding hydrogens is 501 g/mol. The van der Waals surface area contributed by atoms with Gasteiger partial charge in [0.2, 0.25) is 0 Å². The van der Waals surface area contributed by atoms with Gasteiger partial charge in [-0.05, 0) is 50.3 Å². The summed E-state index contributed by atoms with van der Waals surface area (Å²) < 4.78 is 7.81. The van der Waals surface area contributed by atoms with E-state index in [2.05, 4.69) is 28.4 Å². The van der Waals surface area contributed by atoms with Gasteiger partial charge in [-0.2, -0.15) is 5.10 Å². The van der Waals surface area contributed by atoms with Gasteiger partial charge in [0.1, 0.15) is 11.9 Å². The second kappa shape index (κ2) is 11.6. The smallest absolute Gasteiger partial charge is 0.194 e. The van der Waals surface area contributed by atoms with Crippen LogP contribution >= 0.6 is 35.6 Å². The summed E-state index contributed by atoms with van der Waals surface area (Å²) in [5, 5.41) is 8.32. The van der Waals surface area contributed by atoms with Crippen LogP contribution in [0, 0.1) is 5.92 Å². The van der Waals surface area contributed by atoms with E-state index < -0.39 is 0 Å². The van der Waals surface area contributed by atoms with Crippen molar-refractivity contribution in [3.8, 4) is 5.75 Å². The monoisotopic (exact) mass is 531 g/mol. The van der Waals surface area contributed by atoms with Crippen LogP contribution in [0.15, 0.2) is 41.7 Å². The predicted molar refractivity (Wildman–Crippen MR) is 130 cm³/mol. The van der Waals surface area contributed by atoms with Crippen molar-refractivity contribution >= 4 is 41.5 Å². The lowest BCUT2D eigenvalue weighted by Gasteiger charge is -2.22. The average molecular weight is 532 g/mol. The lowest BCUT2D eigenvalue weighted by Crippen LogP contribution is -2.40. The predicted octanol–water partition coefficient (Wildman–Crippen LogP) is 3.99. The SMILES string of the molecule is CCNC(=NCC(C)Oc1ccccc1Cl)N1CCC(Cc2cnn(C)c2)C1.I. The largest absolute Gasteiger partial charge is 0.487 e. The molecule has 6 nitrogen and oxygen atoms in total. The summed E-state index contributed by atoms with van der Waals surface area (Å²) in [6.45, 7) is 7.59. The maximum atomic E-state index is 6.18. The van der Waals surface area contributed by atoms with Gasteiger partial charge in [0.15, 0.2) is 5.96 Å². The minimum atomic E-state index is -0.0534. The molecular formula is C21H31ClIN5O. The highest BCUT2D eigenvalue weighted by Crippen LogP contribution is 2.24. The Labute approximate surface area is 195 Å². The number of aryl methyl sites for hydroxylation is 1. The van der Waals surface area contributed by atoms with Crippen LogP contribution in [0.2, 0.25) is 5.02 Å². The van der Waals surface area contributed by atoms with E-state index in [1.54, 1.807) is 0 Å². The molecule has 1 aromatic heterocycles. The minimum Gasteiger partial charge on any atom is -0.487 e. The lowest BCUT2D eigenvalue weighted by atomic mass is 10.0. The Bertz CT molecular complexity index is 797. The van der Waals surface area contributed by atoms with Crippen LogP contribution in [-0.4, -0.2) is 52.9 Å². The highest BCUT2D eigenvalue weighted by atomic mass is 127. The van der Waals surface area contributed by atoms with Gasteiger partial charge in [-0.15, -0.1) is 24.0 Å². The Morgan fingerprint density at radius 3 is 2.90 bits per heavy atom. The highest BCUT2D eigenvalue weighted by molar-refractivity contribution is 14.0. The number of aromatic nitrogens is 2. The van der Waals surface area contributed by atoms with Crippen molar-refractivity contribution in [2.24, 2.45) is 18.0 Å². The first-order valence-electron chi connectivity index (χ1n) is 9.97. The number of ether oxygens (including phenoxy) is 1.